The molecule has 0 unspecified atom stereocenters. The molecule has 9 nitrogen and oxygen atoms in total. The van der Waals surface area contributed by atoms with Gasteiger partial charge in [0.15, 0.2) is 0 Å². The second-order valence-electron chi connectivity index (χ2n) is 8.86. The van der Waals surface area contributed by atoms with Crippen molar-refractivity contribution >= 4 is 41.0 Å². The first kappa shape index (κ1) is 22.9. The van der Waals surface area contributed by atoms with Crippen molar-refractivity contribution in [3.05, 3.63) is 59.8 Å². The van der Waals surface area contributed by atoms with Gasteiger partial charge in [0, 0.05) is 43.2 Å². The van der Waals surface area contributed by atoms with Crippen LogP contribution >= 0.6 is 0 Å². The summed E-state index contributed by atoms with van der Waals surface area (Å²) in [5.41, 5.74) is 3.79. The number of hydrogen-bond acceptors (Lipinski definition) is 6. The maximum absolute atomic E-state index is 12.8. The molecule has 0 spiro atoms. The van der Waals surface area contributed by atoms with E-state index in [0.29, 0.717) is 18.9 Å². The molecule has 3 fully saturated rings. The monoisotopic (exact) mass is 475 g/mol. The molecule has 0 saturated carbocycles. The molecule has 35 heavy (non-hydrogen) atoms. The third kappa shape index (κ3) is 5.30. The minimum Gasteiger partial charge on any atom is -0.378 e. The number of carbonyl (C=O) groups is 3. The molecule has 2 aromatic rings. The lowest BCUT2D eigenvalue weighted by Gasteiger charge is -2.28. The van der Waals surface area contributed by atoms with E-state index in [0.717, 1.165) is 48.0 Å². The van der Waals surface area contributed by atoms with E-state index in [1.807, 2.05) is 48.5 Å². The number of rotatable bonds is 6. The summed E-state index contributed by atoms with van der Waals surface area (Å²) >= 11 is 0. The van der Waals surface area contributed by atoms with Gasteiger partial charge in [-0.3, -0.25) is 9.59 Å². The average molecular weight is 476 g/mol. The summed E-state index contributed by atoms with van der Waals surface area (Å²) in [4.78, 5) is 43.2. The van der Waals surface area contributed by atoms with Crippen molar-refractivity contribution < 1.29 is 19.1 Å². The van der Waals surface area contributed by atoms with Crippen LogP contribution in [0.5, 0.6) is 0 Å². The van der Waals surface area contributed by atoms with Crippen LogP contribution in [0, 0.1) is 0 Å². The first-order valence-electron chi connectivity index (χ1n) is 12.0. The Bertz CT molecular complexity index is 1120. The Labute approximate surface area is 204 Å². The molecular formula is C26H29N5O4. The lowest BCUT2D eigenvalue weighted by molar-refractivity contribution is -0.127. The largest absolute Gasteiger partial charge is 0.378 e. The molecule has 4 amide bonds. The SMILES string of the molecule is O=C(CN1C(=O)N/C(=C\c2ccc(N3CCCC3)cc2)C1=O)Nc1ccc(N2CCOCC2)cc1. The van der Waals surface area contributed by atoms with Crippen LogP contribution in [-0.2, 0) is 14.3 Å². The highest BCUT2D eigenvalue weighted by Crippen LogP contribution is 2.22. The Hall–Kier alpha value is -3.85. The first-order chi connectivity index (χ1) is 17.1. The lowest BCUT2D eigenvalue weighted by Crippen LogP contribution is -2.38. The van der Waals surface area contributed by atoms with Gasteiger partial charge in [0.1, 0.15) is 12.2 Å². The molecule has 0 aromatic heterocycles. The van der Waals surface area contributed by atoms with Crippen LogP contribution in [-0.4, -0.2) is 68.7 Å². The topological polar surface area (TPSA) is 94.2 Å². The zero-order valence-corrected chi connectivity index (χ0v) is 19.5. The molecule has 0 bridgehead atoms. The van der Waals surface area contributed by atoms with E-state index in [1.165, 1.54) is 12.8 Å². The molecule has 5 rings (SSSR count). The highest BCUT2D eigenvalue weighted by molar-refractivity contribution is 6.15. The zero-order chi connectivity index (χ0) is 24.2. The number of benzene rings is 2. The van der Waals surface area contributed by atoms with Crippen LogP contribution in [0.2, 0.25) is 0 Å². The van der Waals surface area contributed by atoms with Gasteiger partial charge >= 0.3 is 6.03 Å². The summed E-state index contributed by atoms with van der Waals surface area (Å²) < 4.78 is 5.37. The van der Waals surface area contributed by atoms with Crippen LogP contribution in [0.3, 0.4) is 0 Å². The number of morpholine rings is 1. The number of carbonyl (C=O) groups excluding carboxylic acids is 3. The van der Waals surface area contributed by atoms with Crippen LogP contribution in [0.4, 0.5) is 21.9 Å². The molecule has 3 saturated heterocycles. The summed E-state index contributed by atoms with van der Waals surface area (Å²) in [6.07, 6.45) is 4.04. The quantitative estimate of drug-likeness (QED) is 0.493. The third-order valence-electron chi connectivity index (χ3n) is 6.47. The normalized spacial score (nSPS) is 19.4. The van der Waals surface area contributed by atoms with Crippen LogP contribution in [0.25, 0.3) is 6.08 Å². The minimum atomic E-state index is -0.604. The first-order valence-corrected chi connectivity index (χ1v) is 12.0. The summed E-state index contributed by atoms with van der Waals surface area (Å²) in [5.74, 6) is -0.958. The van der Waals surface area contributed by atoms with E-state index in [2.05, 4.69) is 20.4 Å². The molecule has 3 heterocycles. The van der Waals surface area contributed by atoms with Gasteiger partial charge in [0.25, 0.3) is 5.91 Å². The minimum absolute atomic E-state index is 0.159. The average Bonchev–Trinajstić information content (AvgIpc) is 3.51. The maximum Gasteiger partial charge on any atom is 0.329 e. The molecule has 9 heteroatoms. The van der Waals surface area contributed by atoms with E-state index < -0.39 is 17.8 Å². The number of amides is 4. The maximum atomic E-state index is 12.8. The van der Waals surface area contributed by atoms with Gasteiger partial charge in [-0.15, -0.1) is 0 Å². The zero-order valence-electron chi connectivity index (χ0n) is 19.5. The summed E-state index contributed by atoms with van der Waals surface area (Å²) in [7, 11) is 0. The third-order valence-corrected chi connectivity index (χ3v) is 6.47. The highest BCUT2D eigenvalue weighted by Gasteiger charge is 2.35. The van der Waals surface area contributed by atoms with Crippen molar-refractivity contribution in [2.75, 3.05) is 61.1 Å². The molecule has 2 N–H and O–H groups in total. The van der Waals surface area contributed by atoms with Gasteiger partial charge in [-0.1, -0.05) is 12.1 Å². The van der Waals surface area contributed by atoms with Crippen LogP contribution in [0.1, 0.15) is 18.4 Å². The van der Waals surface area contributed by atoms with Gasteiger partial charge in [-0.2, -0.15) is 0 Å². The van der Waals surface area contributed by atoms with E-state index in [9.17, 15) is 14.4 Å². The van der Waals surface area contributed by atoms with Gasteiger partial charge in [-0.05, 0) is 60.9 Å². The highest BCUT2D eigenvalue weighted by atomic mass is 16.5. The number of nitrogens with one attached hydrogen (secondary N) is 2. The van der Waals surface area contributed by atoms with E-state index in [4.69, 9.17) is 4.74 Å². The Kier molecular flexibility index (Phi) is 6.67. The molecule has 0 radical (unpaired) electrons. The summed E-state index contributed by atoms with van der Waals surface area (Å²) in [6.45, 7) is 4.82. The number of imide groups is 1. The van der Waals surface area contributed by atoms with Crippen LogP contribution in [0.15, 0.2) is 54.2 Å². The van der Waals surface area contributed by atoms with E-state index in [1.54, 1.807) is 6.08 Å². The molecule has 0 aliphatic carbocycles. The number of hydrogen-bond donors (Lipinski definition) is 2. The predicted octanol–water partition coefficient (Wildman–Crippen LogP) is 2.65. The fraction of sp³-hybridized carbons (Fsp3) is 0.346. The molecule has 3 aliphatic heterocycles. The Morgan fingerprint density at radius 2 is 1.49 bits per heavy atom. The number of urea groups is 1. The molecular weight excluding hydrogens is 446 g/mol. The van der Waals surface area contributed by atoms with Gasteiger partial charge in [0.2, 0.25) is 5.91 Å². The van der Waals surface area contributed by atoms with Crippen molar-refractivity contribution in [2.24, 2.45) is 0 Å². The number of nitrogens with zero attached hydrogens (tertiary/aromatic N) is 3. The molecule has 182 valence electrons. The van der Waals surface area contributed by atoms with Crippen LogP contribution < -0.4 is 20.4 Å². The van der Waals surface area contributed by atoms with E-state index in [-0.39, 0.29) is 12.2 Å². The van der Waals surface area contributed by atoms with Gasteiger partial charge in [-0.25, -0.2) is 9.69 Å². The molecule has 0 atom stereocenters. The molecule has 2 aromatic carbocycles. The summed E-state index contributed by atoms with van der Waals surface area (Å²) in [6, 6.07) is 14.8. The second kappa shape index (κ2) is 10.2. The second-order valence-corrected chi connectivity index (χ2v) is 8.86. The predicted molar refractivity (Wildman–Crippen MR) is 134 cm³/mol. The smallest absolute Gasteiger partial charge is 0.329 e. The standard InChI is InChI=1S/C26H29N5O4/c32-24(27-20-5-9-22(10-6-20)30-13-15-35-16-14-30)18-31-25(33)23(28-26(31)34)17-19-3-7-21(8-4-19)29-11-1-2-12-29/h3-10,17H,1-2,11-16,18H2,(H,27,32)(H,28,34)/b23-17-. The number of anilines is 3. The Morgan fingerprint density at radius 1 is 0.886 bits per heavy atom. The Balaban J connectivity index is 1.18. The van der Waals surface area contributed by atoms with Crippen molar-refractivity contribution in [1.29, 1.82) is 0 Å². The van der Waals surface area contributed by atoms with E-state index >= 15 is 0 Å². The van der Waals surface area contributed by atoms with Gasteiger partial charge in [0.05, 0.1) is 13.2 Å². The fourth-order valence-corrected chi connectivity index (χ4v) is 4.56. The van der Waals surface area contributed by atoms with Gasteiger partial charge < -0.3 is 25.2 Å². The lowest BCUT2D eigenvalue weighted by atomic mass is 10.1. The van der Waals surface area contributed by atoms with Crippen molar-refractivity contribution in [3.63, 3.8) is 0 Å². The van der Waals surface area contributed by atoms with Crippen molar-refractivity contribution in [3.8, 4) is 0 Å². The number of ether oxygens (including phenoxy) is 1. The Morgan fingerprint density at radius 3 is 2.14 bits per heavy atom. The van der Waals surface area contributed by atoms with Crippen molar-refractivity contribution in [2.45, 2.75) is 12.8 Å². The summed E-state index contributed by atoms with van der Waals surface area (Å²) in [5, 5.41) is 5.33. The fourth-order valence-electron chi connectivity index (χ4n) is 4.56. The van der Waals surface area contributed by atoms with Crippen molar-refractivity contribution in [1.82, 2.24) is 10.2 Å². The molecule has 3 aliphatic rings.